The summed E-state index contributed by atoms with van der Waals surface area (Å²) >= 11 is 0. The SMILES string of the molecule is CCCCN(C)c1cc(-c2ccccc2)nc(Nc2ccc(NC(C)=O)cc2)n1. The van der Waals surface area contributed by atoms with Crippen molar-refractivity contribution >= 4 is 29.0 Å². The minimum Gasteiger partial charge on any atom is -0.359 e. The third-order valence-corrected chi connectivity index (χ3v) is 4.48. The number of carbonyl (C=O) groups is 1. The van der Waals surface area contributed by atoms with Crippen molar-refractivity contribution in [2.75, 3.05) is 29.1 Å². The van der Waals surface area contributed by atoms with Gasteiger partial charge < -0.3 is 15.5 Å². The summed E-state index contributed by atoms with van der Waals surface area (Å²) in [5.74, 6) is 1.33. The number of carbonyl (C=O) groups excluding carboxylic acids is 1. The molecule has 0 saturated heterocycles. The van der Waals surface area contributed by atoms with Crippen molar-refractivity contribution in [3.05, 3.63) is 60.7 Å². The second-order valence-corrected chi connectivity index (χ2v) is 6.96. The van der Waals surface area contributed by atoms with Crippen LogP contribution in [0.1, 0.15) is 26.7 Å². The van der Waals surface area contributed by atoms with Gasteiger partial charge in [-0.3, -0.25) is 4.79 Å². The summed E-state index contributed by atoms with van der Waals surface area (Å²) in [5.41, 5.74) is 3.52. The van der Waals surface area contributed by atoms with Crippen LogP contribution < -0.4 is 15.5 Å². The highest BCUT2D eigenvalue weighted by Gasteiger charge is 2.10. The van der Waals surface area contributed by atoms with E-state index in [0.717, 1.165) is 47.8 Å². The summed E-state index contributed by atoms with van der Waals surface area (Å²) in [5, 5.41) is 6.05. The fourth-order valence-corrected chi connectivity index (χ4v) is 2.92. The lowest BCUT2D eigenvalue weighted by atomic mass is 10.1. The molecular formula is C23H27N5O. The fraction of sp³-hybridized carbons (Fsp3) is 0.261. The summed E-state index contributed by atoms with van der Waals surface area (Å²) in [6.45, 7) is 4.61. The Morgan fingerprint density at radius 2 is 1.69 bits per heavy atom. The maximum absolute atomic E-state index is 11.2. The Bertz CT molecular complexity index is 941. The summed E-state index contributed by atoms with van der Waals surface area (Å²) in [4.78, 5) is 22.8. The van der Waals surface area contributed by atoms with Crippen molar-refractivity contribution < 1.29 is 4.79 Å². The van der Waals surface area contributed by atoms with E-state index in [-0.39, 0.29) is 5.91 Å². The molecule has 150 valence electrons. The van der Waals surface area contributed by atoms with E-state index in [9.17, 15) is 4.79 Å². The van der Waals surface area contributed by atoms with E-state index in [1.165, 1.54) is 6.92 Å². The van der Waals surface area contributed by atoms with Gasteiger partial charge in [-0.05, 0) is 30.7 Å². The second-order valence-electron chi connectivity index (χ2n) is 6.96. The van der Waals surface area contributed by atoms with Gasteiger partial charge in [-0.2, -0.15) is 4.98 Å². The maximum Gasteiger partial charge on any atom is 0.229 e. The molecule has 2 aromatic carbocycles. The van der Waals surface area contributed by atoms with Crippen LogP contribution in [0.3, 0.4) is 0 Å². The van der Waals surface area contributed by atoms with Crippen molar-refractivity contribution in [2.45, 2.75) is 26.7 Å². The molecule has 6 nitrogen and oxygen atoms in total. The first-order chi connectivity index (χ1) is 14.0. The molecule has 29 heavy (non-hydrogen) atoms. The van der Waals surface area contributed by atoms with Gasteiger partial charge in [0.2, 0.25) is 11.9 Å². The van der Waals surface area contributed by atoms with Crippen molar-refractivity contribution in [1.29, 1.82) is 0 Å². The molecule has 0 unspecified atom stereocenters. The zero-order valence-electron chi connectivity index (χ0n) is 17.1. The zero-order valence-corrected chi connectivity index (χ0v) is 17.1. The van der Waals surface area contributed by atoms with Crippen molar-refractivity contribution in [2.24, 2.45) is 0 Å². The molecular weight excluding hydrogens is 362 g/mol. The van der Waals surface area contributed by atoms with Crippen molar-refractivity contribution in [3.63, 3.8) is 0 Å². The zero-order chi connectivity index (χ0) is 20.6. The number of hydrogen-bond acceptors (Lipinski definition) is 5. The number of rotatable bonds is 8. The summed E-state index contributed by atoms with van der Waals surface area (Å²) in [6.07, 6.45) is 2.24. The van der Waals surface area contributed by atoms with Crippen LogP contribution in [0.15, 0.2) is 60.7 Å². The molecule has 0 spiro atoms. The molecule has 0 atom stereocenters. The molecule has 0 aliphatic heterocycles. The number of benzene rings is 2. The van der Waals surface area contributed by atoms with Crippen molar-refractivity contribution in [1.82, 2.24) is 9.97 Å². The number of nitrogens with one attached hydrogen (secondary N) is 2. The van der Waals surface area contributed by atoms with Crippen LogP contribution >= 0.6 is 0 Å². The third-order valence-electron chi connectivity index (χ3n) is 4.48. The number of unbranched alkanes of at least 4 members (excludes halogenated alkanes) is 1. The predicted octanol–water partition coefficient (Wildman–Crippen LogP) is 5.08. The van der Waals surface area contributed by atoms with Crippen LogP contribution in [0.5, 0.6) is 0 Å². The molecule has 1 amide bonds. The summed E-state index contributed by atoms with van der Waals surface area (Å²) < 4.78 is 0. The molecule has 2 N–H and O–H groups in total. The fourth-order valence-electron chi connectivity index (χ4n) is 2.92. The monoisotopic (exact) mass is 389 g/mol. The van der Waals surface area contributed by atoms with Gasteiger partial charge in [0.1, 0.15) is 5.82 Å². The summed E-state index contributed by atoms with van der Waals surface area (Å²) in [6, 6.07) is 19.6. The first kappa shape index (κ1) is 20.3. The second kappa shape index (κ2) is 9.68. The van der Waals surface area contributed by atoms with Gasteiger partial charge in [0, 0.05) is 43.5 Å². The van der Waals surface area contributed by atoms with E-state index in [0.29, 0.717) is 5.95 Å². The lowest BCUT2D eigenvalue weighted by Crippen LogP contribution is -2.20. The van der Waals surface area contributed by atoms with Gasteiger partial charge in [-0.15, -0.1) is 0 Å². The standard InChI is InChI=1S/C23H27N5O/c1-4-5-15-28(3)22-16-21(18-9-7-6-8-10-18)26-23(27-22)25-20-13-11-19(12-14-20)24-17(2)29/h6-14,16H,4-5,15H2,1-3H3,(H,24,29)(H,25,26,27). The van der Waals surface area contributed by atoms with Gasteiger partial charge in [0.05, 0.1) is 5.69 Å². The van der Waals surface area contributed by atoms with Crippen LogP contribution in [0.25, 0.3) is 11.3 Å². The number of aromatic nitrogens is 2. The smallest absolute Gasteiger partial charge is 0.229 e. The molecule has 0 radical (unpaired) electrons. The Balaban J connectivity index is 1.89. The molecule has 3 aromatic rings. The van der Waals surface area contributed by atoms with Crippen LogP contribution in [0, 0.1) is 0 Å². The van der Waals surface area contributed by atoms with E-state index in [4.69, 9.17) is 9.97 Å². The Kier molecular flexibility index (Phi) is 6.79. The average Bonchev–Trinajstić information content (AvgIpc) is 2.73. The molecule has 1 heterocycles. The van der Waals surface area contributed by atoms with E-state index >= 15 is 0 Å². The molecule has 0 bridgehead atoms. The van der Waals surface area contributed by atoms with Crippen LogP contribution in [0.4, 0.5) is 23.1 Å². The minimum atomic E-state index is -0.0932. The highest BCUT2D eigenvalue weighted by Crippen LogP contribution is 2.25. The normalized spacial score (nSPS) is 10.4. The first-order valence-corrected chi connectivity index (χ1v) is 9.85. The van der Waals surface area contributed by atoms with Gasteiger partial charge in [0.25, 0.3) is 0 Å². The van der Waals surface area contributed by atoms with E-state index in [1.807, 2.05) is 60.7 Å². The Morgan fingerprint density at radius 1 is 1.00 bits per heavy atom. The van der Waals surface area contributed by atoms with Gasteiger partial charge in [0.15, 0.2) is 0 Å². The molecule has 3 rings (SSSR count). The Morgan fingerprint density at radius 3 is 2.34 bits per heavy atom. The van der Waals surface area contributed by atoms with Crippen LogP contribution in [0.2, 0.25) is 0 Å². The van der Waals surface area contributed by atoms with Gasteiger partial charge >= 0.3 is 0 Å². The van der Waals surface area contributed by atoms with Crippen LogP contribution in [-0.4, -0.2) is 29.5 Å². The van der Waals surface area contributed by atoms with E-state index < -0.39 is 0 Å². The Labute approximate surface area is 172 Å². The lowest BCUT2D eigenvalue weighted by molar-refractivity contribution is -0.114. The molecule has 0 aliphatic rings. The van der Waals surface area contributed by atoms with E-state index in [1.54, 1.807) is 0 Å². The lowest BCUT2D eigenvalue weighted by Gasteiger charge is -2.19. The number of nitrogens with zero attached hydrogens (tertiary/aromatic N) is 3. The summed E-state index contributed by atoms with van der Waals surface area (Å²) in [7, 11) is 2.05. The van der Waals surface area contributed by atoms with Gasteiger partial charge in [-0.25, -0.2) is 4.98 Å². The van der Waals surface area contributed by atoms with Gasteiger partial charge in [-0.1, -0.05) is 43.7 Å². The third kappa shape index (κ3) is 5.78. The largest absolute Gasteiger partial charge is 0.359 e. The van der Waals surface area contributed by atoms with Crippen LogP contribution in [-0.2, 0) is 4.79 Å². The average molecular weight is 390 g/mol. The molecule has 0 fully saturated rings. The minimum absolute atomic E-state index is 0.0932. The Hall–Kier alpha value is -3.41. The number of hydrogen-bond donors (Lipinski definition) is 2. The van der Waals surface area contributed by atoms with E-state index in [2.05, 4.69) is 29.5 Å². The highest BCUT2D eigenvalue weighted by molar-refractivity contribution is 5.88. The molecule has 6 heteroatoms. The molecule has 1 aromatic heterocycles. The number of anilines is 4. The first-order valence-electron chi connectivity index (χ1n) is 9.85. The van der Waals surface area contributed by atoms with Crippen molar-refractivity contribution in [3.8, 4) is 11.3 Å². The predicted molar refractivity (Wildman–Crippen MR) is 120 cm³/mol. The maximum atomic E-state index is 11.2. The topological polar surface area (TPSA) is 70.2 Å². The molecule has 0 saturated carbocycles. The highest BCUT2D eigenvalue weighted by atomic mass is 16.1. The quantitative estimate of drug-likeness (QED) is 0.562. The molecule has 0 aliphatic carbocycles. The number of amides is 1.